The molecular formula is C23H36O3. The lowest BCUT2D eigenvalue weighted by Gasteiger charge is -2.02. The highest BCUT2D eigenvalue weighted by Crippen LogP contribution is 2.41. The number of hydrogen-bond donors (Lipinski definition) is 1. The number of unbranched alkanes of at least 4 members (excludes halogenated alkanes) is 11. The molecule has 0 amide bonds. The van der Waals surface area contributed by atoms with Crippen LogP contribution in [0.15, 0.2) is 24.3 Å². The molecule has 26 heavy (non-hydrogen) atoms. The third-order valence-corrected chi connectivity index (χ3v) is 5.39. The van der Waals surface area contributed by atoms with Crippen molar-refractivity contribution >= 4 is 5.97 Å². The van der Waals surface area contributed by atoms with E-state index in [-0.39, 0.29) is 6.10 Å². The van der Waals surface area contributed by atoms with Crippen LogP contribution in [0.1, 0.15) is 112 Å². The Bertz CT molecular complexity index is 526. The largest absolute Gasteiger partial charge is 0.478 e. The Morgan fingerprint density at radius 3 is 2.08 bits per heavy atom. The van der Waals surface area contributed by atoms with Gasteiger partial charge in [0.25, 0.3) is 0 Å². The normalized spacial score (nSPS) is 18.8. The predicted octanol–water partition coefficient (Wildman–Crippen LogP) is 6.92. The van der Waals surface area contributed by atoms with E-state index >= 15 is 0 Å². The van der Waals surface area contributed by atoms with Crippen molar-refractivity contribution in [1.29, 1.82) is 0 Å². The van der Waals surface area contributed by atoms with Gasteiger partial charge in [0.05, 0.1) is 11.7 Å². The van der Waals surface area contributed by atoms with Crippen molar-refractivity contribution < 1.29 is 14.6 Å². The Balaban J connectivity index is 1.43. The average molecular weight is 361 g/mol. The van der Waals surface area contributed by atoms with Gasteiger partial charge < -0.3 is 9.84 Å². The van der Waals surface area contributed by atoms with Crippen molar-refractivity contribution in [2.45, 2.75) is 103 Å². The third-order valence-electron chi connectivity index (χ3n) is 5.39. The van der Waals surface area contributed by atoms with E-state index < -0.39 is 5.97 Å². The molecule has 1 aliphatic heterocycles. The maximum absolute atomic E-state index is 11.0. The molecule has 1 fully saturated rings. The monoisotopic (exact) mass is 360 g/mol. The van der Waals surface area contributed by atoms with Gasteiger partial charge in [-0.2, -0.15) is 0 Å². The molecule has 1 aliphatic rings. The molecule has 1 heterocycles. The van der Waals surface area contributed by atoms with Crippen molar-refractivity contribution in [2.24, 2.45) is 0 Å². The van der Waals surface area contributed by atoms with E-state index in [9.17, 15) is 4.79 Å². The molecule has 1 aromatic rings. The van der Waals surface area contributed by atoms with Crippen molar-refractivity contribution in [3.63, 3.8) is 0 Å². The van der Waals surface area contributed by atoms with Crippen LogP contribution >= 0.6 is 0 Å². The van der Waals surface area contributed by atoms with E-state index in [0.29, 0.717) is 11.7 Å². The molecule has 3 heteroatoms. The summed E-state index contributed by atoms with van der Waals surface area (Å²) in [5.74, 6) is -0.870. The van der Waals surface area contributed by atoms with Gasteiger partial charge in [-0.15, -0.1) is 0 Å². The first-order valence-electron chi connectivity index (χ1n) is 10.7. The molecule has 2 rings (SSSR count). The Morgan fingerprint density at radius 2 is 1.50 bits per heavy atom. The Labute approximate surface area is 159 Å². The molecule has 0 bridgehead atoms. The molecule has 2 atom stereocenters. The van der Waals surface area contributed by atoms with Gasteiger partial charge in [0.1, 0.15) is 6.10 Å². The number of hydrogen-bond acceptors (Lipinski definition) is 2. The molecule has 1 saturated heterocycles. The summed E-state index contributed by atoms with van der Waals surface area (Å²) in [5, 5.41) is 9.06. The van der Waals surface area contributed by atoms with Gasteiger partial charge >= 0.3 is 5.97 Å². The molecule has 0 aliphatic carbocycles. The summed E-state index contributed by atoms with van der Waals surface area (Å²) in [6.45, 7) is 2.27. The minimum Gasteiger partial charge on any atom is -0.478 e. The summed E-state index contributed by atoms with van der Waals surface area (Å²) in [4.78, 5) is 11.0. The fourth-order valence-corrected chi connectivity index (χ4v) is 3.69. The van der Waals surface area contributed by atoms with Crippen molar-refractivity contribution in [1.82, 2.24) is 0 Å². The smallest absolute Gasteiger partial charge is 0.335 e. The molecule has 3 nitrogen and oxygen atoms in total. The summed E-state index contributed by atoms with van der Waals surface area (Å²) in [6.07, 6.45) is 17.9. The molecular weight excluding hydrogens is 324 g/mol. The van der Waals surface area contributed by atoms with Crippen LogP contribution < -0.4 is 0 Å². The van der Waals surface area contributed by atoms with E-state index in [2.05, 4.69) is 6.92 Å². The highest BCUT2D eigenvalue weighted by Gasteiger charge is 2.39. The van der Waals surface area contributed by atoms with E-state index in [4.69, 9.17) is 9.84 Å². The lowest BCUT2D eigenvalue weighted by molar-refractivity contribution is 0.0696. The topological polar surface area (TPSA) is 49.8 Å². The highest BCUT2D eigenvalue weighted by molar-refractivity contribution is 5.87. The number of benzene rings is 1. The van der Waals surface area contributed by atoms with Gasteiger partial charge in [-0.05, 0) is 24.1 Å². The summed E-state index contributed by atoms with van der Waals surface area (Å²) in [7, 11) is 0. The Morgan fingerprint density at radius 1 is 0.923 bits per heavy atom. The van der Waals surface area contributed by atoms with Crippen molar-refractivity contribution in [3.05, 3.63) is 35.4 Å². The van der Waals surface area contributed by atoms with Gasteiger partial charge in [0.15, 0.2) is 0 Å². The number of carbonyl (C=O) groups is 1. The lowest BCUT2D eigenvalue weighted by atomic mass is 10.0. The molecule has 0 spiro atoms. The Hall–Kier alpha value is -1.35. The first kappa shape index (κ1) is 21.0. The number of rotatable bonds is 15. The van der Waals surface area contributed by atoms with Crippen molar-refractivity contribution in [2.75, 3.05) is 0 Å². The second-order valence-electron chi connectivity index (χ2n) is 7.70. The lowest BCUT2D eigenvalue weighted by Crippen LogP contribution is -1.97. The average Bonchev–Trinajstić information content (AvgIpc) is 3.42. The fourth-order valence-electron chi connectivity index (χ4n) is 3.69. The fraction of sp³-hybridized carbons (Fsp3) is 0.696. The van der Waals surface area contributed by atoms with Gasteiger partial charge in [-0.1, -0.05) is 96.1 Å². The predicted molar refractivity (Wildman–Crippen MR) is 107 cm³/mol. The zero-order chi connectivity index (χ0) is 18.6. The van der Waals surface area contributed by atoms with E-state index in [1.165, 1.54) is 77.0 Å². The maximum atomic E-state index is 11.0. The third kappa shape index (κ3) is 7.90. The Kier molecular flexibility index (Phi) is 9.76. The van der Waals surface area contributed by atoms with Crippen LogP contribution in [-0.4, -0.2) is 17.2 Å². The number of carboxylic acid groups (broad SMARTS) is 1. The van der Waals surface area contributed by atoms with Gasteiger partial charge in [-0.3, -0.25) is 0 Å². The molecule has 2 unspecified atom stereocenters. The van der Waals surface area contributed by atoms with Crippen LogP contribution in [0.25, 0.3) is 0 Å². The standard InChI is InChI=1S/C23H36O3/c1-2-3-4-5-6-7-8-9-10-11-12-13-17-21-22(26-21)19-15-14-16-20(18-19)23(24)25/h14-16,18,21-22H,2-13,17H2,1H3,(H,24,25). The summed E-state index contributed by atoms with van der Waals surface area (Å²) < 4.78 is 5.74. The number of carboxylic acids is 1. The number of epoxide rings is 1. The van der Waals surface area contributed by atoms with Crippen LogP contribution in [0, 0.1) is 0 Å². The highest BCUT2D eigenvalue weighted by atomic mass is 16.6. The van der Waals surface area contributed by atoms with E-state index in [1.807, 2.05) is 6.07 Å². The molecule has 146 valence electrons. The maximum Gasteiger partial charge on any atom is 0.335 e. The molecule has 0 aromatic heterocycles. The molecule has 0 saturated carbocycles. The van der Waals surface area contributed by atoms with Crippen molar-refractivity contribution in [3.8, 4) is 0 Å². The van der Waals surface area contributed by atoms with Gasteiger partial charge in [0, 0.05) is 0 Å². The summed E-state index contributed by atoms with van der Waals surface area (Å²) in [6, 6.07) is 7.16. The van der Waals surface area contributed by atoms with Crippen LogP contribution in [0.3, 0.4) is 0 Å². The summed E-state index contributed by atoms with van der Waals surface area (Å²) >= 11 is 0. The molecule has 1 N–H and O–H groups in total. The zero-order valence-electron chi connectivity index (χ0n) is 16.4. The van der Waals surface area contributed by atoms with Gasteiger partial charge in [-0.25, -0.2) is 4.79 Å². The summed E-state index contributed by atoms with van der Waals surface area (Å²) in [5.41, 5.74) is 1.36. The molecule has 1 aromatic carbocycles. The van der Waals surface area contributed by atoms with E-state index in [1.54, 1.807) is 18.2 Å². The van der Waals surface area contributed by atoms with E-state index in [0.717, 1.165) is 12.0 Å². The second-order valence-corrected chi connectivity index (χ2v) is 7.70. The van der Waals surface area contributed by atoms with Crippen LogP contribution in [-0.2, 0) is 4.74 Å². The second kappa shape index (κ2) is 12.1. The van der Waals surface area contributed by atoms with Gasteiger partial charge in [0.2, 0.25) is 0 Å². The SMILES string of the molecule is CCCCCCCCCCCCCCC1OC1c1cccc(C(=O)O)c1. The first-order valence-corrected chi connectivity index (χ1v) is 10.7. The quantitative estimate of drug-likeness (QED) is 0.273. The number of aromatic carboxylic acids is 1. The zero-order valence-corrected chi connectivity index (χ0v) is 16.4. The number of ether oxygens (including phenoxy) is 1. The van der Waals surface area contributed by atoms with Crippen LogP contribution in [0.4, 0.5) is 0 Å². The van der Waals surface area contributed by atoms with Crippen LogP contribution in [0.2, 0.25) is 0 Å². The minimum absolute atomic E-state index is 0.113. The first-order chi connectivity index (χ1) is 12.7. The molecule has 0 radical (unpaired) electrons. The minimum atomic E-state index is -0.870. The van der Waals surface area contributed by atoms with Crippen LogP contribution in [0.5, 0.6) is 0 Å².